The maximum Gasteiger partial charge on any atom is 0.243 e. The number of aromatic nitrogens is 1. The normalized spacial score (nSPS) is 21.8. The first kappa shape index (κ1) is 18.9. The van der Waals surface area contributed by atoms with Gasteiger partial charge in [-0.2, -0.15) is 0 Å². The SMILES string of the molecule is Cc1ccc2nc(N3CC(C(=O)NC4(C(N)=O)CCCCC4)CC3=O)sc2c1. The lowest BCUT2D eigenvalue weighted by atomic mass is 9.80. The molecule has 3 N–H and O–H groups in total. The van der Waals surface area contributed by atoms with E-state index in [2.05, 4.69) is 10.3 Å². The fourth-order valence-corrected chi connectivity index (χ4v) is 5.22. The van der Waals surface area contributed by atoms with Gasteiger partial charge in [0.05, 0.1) is 16.1 Å². The third-order valence-corrected chi connectivity index (χ3v) is 6.84. The predicted molar refractivity (Wildman–Crippen MR) is 108 cm³/mol. The fourth-order valence-electron chi connectivity index (χ4n) is 4.13. The average Bonchev–Trinajstić information content (AvgIpc) is 3.25. The summed E-state index contributed by atoms with van der Waals surface area (Å²) in [7, 11) is 0. The van der Waals surface area contributed by atoms with Gasteiger partial charge in [-0.3, -0.25) is 19.3 Å². The molecule has 7 nitrogen and oxygen atoms in total. The molecule has 148 valence electrons. The van der Waals surface area contributed by atoms with E-state index in [-0.39, 0.29) is 24.8 Å². The van der Waals surface area contributed by atoms with Crippen LogP contribution in [0.3, 0.4) is 0 Å². The van der Waals surface area contributed by atoms with Crippen LogP contribution in [0.15, 0.2) is 18.2 Å². The second kappa shape index (κ2) is 7.16. The van der Waals surface area contributed by atoms with Crippen LogP contribution in [0.4, 0.5) is 5.13 Å². The number of benzene rings is 1. The first-order valence-electron chi connectivity index (χ1n) is 9.67. The van der Waals surface area contributed by atoms with Gasteiger partial charge in [-0.15, -0.1) is 0 Å². The number of rotatable bonds is 4. The van der Waals surface area contributed by atoms with Crippen LogP contribution >= 0.6 is 11.3 Å². The first-order chi connectivity index (χ1) is 13.4. The number of amides is 3. The quantitative estimate of drug-likeness (QED) is 0.821. The molecule has 0 bridgehead atoms. The molecule has 1 aliphatic heterocycles. The number of nitrogens with one attached hydrogen (secondary N) is 1. The molecular formula is C20H24N4O3S. The van der Waals surface area contributed by atoms with Crippen LogP contribution in [-0.2, 0) is 14.4 Å². The van der Waals surface area contributed by atoms with Gasteiger partial charge in [0.25, 0.3) is 0 Å². The highest BCUT2D eigenvalue weighted by Crippen LogP contribution is 2.34. The molecule has 4 rings (SSSR count). The van der Waals surface area contributed by atoms with E-state index < -0.39 is 17.4 Å². The zero-order chi connectivity index (χ0) is 19.9. The maximum atomic E-state index is 12.8. The summed E-state index contributed by atoms with van der Waals surface area (Å²) in [5.41, 5.74) is 6.62. The molecule has 1 aliphatic carbocycles. The smallest absolute Gasteiger partial charge is 0.243 e. The minimum atomic E-state index is -0.973. The summed E-state index contributed by atoms with van der Waals surface area (Å²) in [6.07, 6.45) is 4.02. The molecule has 1 saturated heterocycles. The van der Waals surface area contributed by atoms with Gasteiger partial charge < -0.3 is 11.1 Å². The Morgan fingerprint density at radius 2 is 2.04 bits per heavy atom. The maximum absolute atomic E-state index is 12.8. The Morgan fingerprint density at radius 1 is 1.29 bits per heavy atom. The van der Waals surface area contributed by atoms with Crippen molar-refractivity contribution in [1.29, 1.82) is 0 Å². The van der Waals surface area contributed by atoms with Crippen LogP contribution < -0.4 is 16.0 Å². The Balaban J connectivity index is 1.50. The standard InChI is InChI=1S/C20H24N4O3S/c1-12-5-6-14-15(9-12)28-19(22-14)24-11-13(10-16(24)25)17(26)23-20(18(21)27)7-3-2-4-8-20/h5-6,9,13H,2-4,7-8,10-11H2,1H3,(H2,21,27)(H,23,26). The summed E-state index contributed by atoms with van der Waals surface area (Å²) in [6.45, 7) is 2.29. The van der Waals surface area contributed by atoms with Crippen LogP contribution in [-0.4, -0.2) is 34.8 Å². The van der Waals surface area contributed by atoms with Crippen molar-refractivity contribution >= 4 is 44.4 Å². The molecule has 1 aromatic heterocycles. The number of nitrogens with zero attached hydrogens (tertiary/aromatic N) is 2. The summed E-state index contributed by atoms with van der Waals surface area (Å²) in [5, 5.41) is 3.51. The van der Waals surface area contributed by atoms with Crippen LogP contribution in [0, 0.1) is 12.8 Å². The highest BCUT2D eigenvalue weighted by Gasteiger charge is 2.43. The Labute approximate surface area is 167 Å². The van der Waals surface area contributed by atoms with E-state index in [0.717, 1.165) is 35.0 Å². The minimum absolute atomic E-state index is 0.118. The molecule has 0 spiro atoms. The number of thiazole rings is 1. The largest absolute Gasteiger partial charge is 0.368 e. The van der Waals surface area contributed by atoms with Crippen LogP contribution in [0.1, 0.15) is 44.1 Å². The minimum Gasteiger partial charge on any atom is -0.368 e. The molecule has 2 fully saturated rings. The number of fused-ring (bicyclic) bond motifs is 1. The average molecular weight is 401 g/mol. The lowest BCUT2D eigenvalue weighted by Crippen LogP contribution is -2.59. The van der Waals surface area contributed by atoms with Gasteiger partial charge in [0.2, 0.25) is 17.7 Å². The number of hydrogen-bond donors (Lipinski definition) is 2. The molecule has 1 aromatic carbocycles. The molecule has 2 aliphatic rings. The lowest BCUT2D eigenvalue weighted by molar-refractivity contribution is -0.135. The summed E-state index contributed by atoms with van der Waals surface area (Å²) < 4.78 is 1.02. The van der Waals surface area contributed by atoms with E-state index in [1.165, 1.54) is 11.3 Å². The molecule has 28 heavy (non-hydrogen) atoms. The Morgan fingerprint density at radius 3 is 2.75 bits per heavy atom. The molecule has 2 heterocycles. The second-order valence-corrected chi connectivity index (χ2v) is 8.88. The van der Waals surface area contributed by atoms with Gasteiger partial charge in [-0.05, 0) is 37.5 Å². The third-order valence-electron chi connectivity index (χ3n) is 5.80. The topological polar surface area (TPSA) is 105 Å². The molecule has 2 aromatic rings. The molecule has 8 heteroatoms. The van der Waals surface area contributed by atoms with Gasteiger partial charge in [0.15, 0.2) is 5.13 Å². The number of carbonyl (C=O) groups excluding carboxylic acids is 3. The highest BCUT2D eigenvalue weighted by molar-refractivity contribution is 7.22. The zero-order valence-corrected chi connectivity index (χ0v) is 16.7. The molecule has 3 amide bonds. The van der Waals surface area contributed by atoms with Gasteiger partial charge in [0.1, 0.15) is 5.54 Å². The molecule has 0 radical (unpaired) electrons. The molecule has 1 unspecified atom stereocenters. The van der Waals surface area contributed by atoms with Crippen molar-refractivity contribution in [3.05, 3.63) is 23.8 Å². The number of aryl methyl sites for hydroxylation is 1. The predicted octanol–water partition coefficient (Wildman–Crippen LogP) is 2.26. The van der Waals surface area contributed by atoms with Crippen molar-refractivity contribution in [2.75, 3.05) is 11.4 Å². The van der Waals surface area contributed by atoms with Crippen molar-refractivity contribution in [3.8, 4) is 0 Å². The van der Waals surface area contributed by atoms with Gasteiger partial charge >= 0.3 is 0 Å². The number of carbonyl (C=O) groups is 3. The van der Waals surface area contributed by atoms with Crippen molar-refractivity contribution in [1.82, 2.24) is 10.3 Å². The van der Waals surface area contributed by atoms with Gasteiger partial charge in [-0.1, -0.05) is 36.7 Å². The van der Waals surface area contributed by atoms with E-state index >= 15 is 0 Å². The number of hydrogen-bond acceptors (Lipinski definition) is 5. The Hall–Kier alpha value is -2.48. The highest BCUT2D eigenvalue weighted by atomic mass is 32.1. The van der Waals surface area contributed by atoms with Crippen molar-refractivity contribution in [2.24, 2.45) is 11.7 Å². The monoisotopic (exact) mass is 400 g/mol. The van der Waals surface area contributed by atoms with Crippen LogP contribution in [0.5, 0.6) is 0 Å². The van der Waals surface area contributed by atoms with E-state index in [0.29, 0.717) is 18.0 Å². The molecule has 1 saturated carbocycles. The summed E-state index contributed by atoms with van der Waals surface area (Å²) in [6, 6.07) is 5.97. The Kier molecular flexibility index (Phi) is 4.82. The second-order valence-electron chi connectivity index (χ2n) is 7.87. The first-order valence-corrected chi connectivity index (χ1v) is 10.5. The van der Waals surface area contributed by atoms with E-state index in [4.69, 9.17) is 5.73 Å². The number of primary amides is 1. The number of nitrogens with two attached hydrogens (primary N) is 1. The third kappa shape index (κ3) is 3.37. The number of anilines is 1. The molecule has 1 atom stereocenters. The van der Waals surface area contributed by atoms with Gasteiger partial charge in [0, 0.05) is 13.0 Å². The Bertz CT molecular complexity index is 948. The summed E-state index contributed by atoms with van der Waals surface area (Å²) in [5.74, 6) is -1.37. The van der Waals surface area contributed by atoms with Crippen molar-refractivity contribution in [3.63, 3.8) is 0 Å². The summed E-state index contributed by atoms with van der Waals surface area (Å²) in [4.78, 5) is 43.6. The van der Waals surface area contributed by atoms with E-state index in [1.54, 1.807) is 4.90 Å². The zero-order valence-electron chi connectivity index (χ0n) is 15.9. The van der Waals surface area contributed by atoms with Gasteiger partial charge in [-0.25, -0.2) is 4.98 Å². The fraction of sp³-hybridized carbons (Fsp3) is 0.500. The van der Waals surface area contributed by atoms with E-state index in [1.807, 2.05) is 25.1 Å². The van der Waals surface area contributed by atoms with Crippen molar-refractivity contribution in [2.45, 2.75) is 51.0 Å². The van der Waals surface area contributed by atoms with Crippen LogP contribution in [0.2, 0.25) is 0 Å². The summed E-state index contributed by atoms with van der Waals surface area (Å²) >= 11 is 1.45. The van der Waals surface area contributed by atoms with Crippen LogP contribution in [0.25, 0.3) is 10.2 Å². The van der Waals surface area contributed by atoms with E-state index in [9.17, 15) is 14.4 Å². The lowest BCUT2D eigenvalue weighted by Gasteiger charge is -2.35. The van der Waals surface area contributed by atoms with Crippen molar-refractivity contribution < 1.29 is 14.4 Å². The molecular weight excluding hydrogens is 376 g/mol.